The number of aliphatic hydroxyl groups is 2. The van der Waals surface area contributed by atoms with Gasteiger partial charge in [-0.1, -0.05) is 18.2 Å². The molecule has 2 rings (SSSR count). The van der Waals surface area contributed by atoms with Crippen molar-refractivity contribution >= 4 is 22.7 Å². The number of rotatable bonds is 4. The third-order valence-electron chi connectivity index (χ3n) is 2.13. The van der Waals surface area contributed by atoms with Crippen LogP contribution in [0.25, 0.3) is 10.9 Å². The molecule has 0 saturated carbocycles. The van der Waals surface area contributed by atoms with Gasteiger partial charge in [-0.15, -0.1) is 11.8 Å². The van der Waals surface area contributed by atoms with Crippen LogP contribution in [0.2, 0.25) is 0 Å². The Morgan fingerprint density at radius 2 is 2.06 bits per heavy atom. The van der Waals surface area contributed by atoms with E-state index in [1.165, 1.54) is 18.1 Å². The molecular formula is C11H12N2O2S. The molecule has 0 fully saturated rings. The highest BCUT2D eigenvalue weighted by molar-refractivity contribution is 7.99. The maximum Gasteiger partial charge on any atom is 0.117 e. The Hall–Kier alpha value is -1.17. The summed E-state index contributed by atoms with van der Waals surface area (Å²) in [5.74, 6) is 0.428. The van der Waals surface area contributed by atoms with Crippen molar-refractivity contribution in [2.24, 2.45) is 0 Å². The van der Waals surface area contributed by atoms with Gasteiger partial charge in [0, 0.05) is 11.1 Å². The van der Waals surface area contributed by atoms with Gasteiger partial charge in [-0.3, -0.25) is 0 Å². The van der Waals surface area contributed by atoms with Gasteiger partial charge < -0.3 is 10.2 Å². The number of hydrogen-bond donors (Lipinski definition) is 2. The van der Waals surface area contributed by atoms with Crippen molar-refractivity contribution in [3.05, 3.63) is 30.6 Å². The first kappa shape index (κ1) is 11.3. The van der Waals surface area contributed by atoms with Crippen molar-refractivity contribution in [1.29, 1.82) is 0 Å². The summed E-state index contributed by atoms with van der Waals surface area (Å²) < 4.78 is 0. The molecule has 0 amide bonds. The fourth-order valence-corrected chi connectivity index (χ4v) is 2.23. The Kier molecular flexibility index (Phi) is 3.71. The van der Waals surface area contributed by atoms with Gasteiger partial charge in [0.1, 0.15) is 11.4 Å². The largest absolute Gasteiger partial charge is 0.394 e. The zero-order valence-corrected chi connectivity index (χ0v) is 9.39. The Bertz CT molecular complexity index is 473. The van der Waals surface area contributed by atoms with Crippen molar-refractivity contribution in [3.63, 3.8) is 0 Å². The molecule has 1 aromatic carbocycles. The van der Waals surface area contributed by atoms with E-state index < -0.39 is 6.10 Å². The molecule has 0 bridgehead atoms. The van der Waals surface area contributed by atoms with Crippen LogP contribution in [0, 0.1) is 0 Å². The molecule has 84 valence electrons. The first-order valence-electron chi connectivity index (χ1n) is 4.92. The van der Waals surface area contributed by atoms with E-state index in [4.69, 9.17) is 5.11 Å². The quantitative estimate of drug-likeness (QED) is 0.614. The van der Waals surface area contributed by atoms with E-state index in [2.05, 4.69) is 9.97 Å². The fourth-order valence-electron chi connectivity index (χ4n) is 1.32. The molecule has 4 nitrogen and oxygen atoms in total. The predicted molar refractivity (Wildman–Crippen MR) is 63.4 cm³/mol. The van der Waals surface area contributed by atoms with Gasteiger partial charge in [-0.05, 0) is 6.07 Å². The fraction of sp³-hybridized carbons (Fsp3) is 0.273. The van der Waals surface area contributed by atoms with Gasteiger partial charge in [0.15, 0.2) is 0 Å². The minimum atomic E-state index is -0.710. The summed E-state index contributed by atoms with van der Waals surface area (Å²) in [7, 11) is 0. The van der Waals surface area contributed by atoms with Gasteiger partial charge in [0.05, 0.1) is 18.2 Å². The molecule has 5 heteroatoms. The van der Waals surface area contributed by atoms with Crippen molar-refractivity contribution in [3.8, 4) is 0 Å². The van der Waals surface area contributed by atoms with Gasteiger partial charge in [-0.2, -0.15) is 0 Å². The molecule has 1 unspecified atom stereocenters. The van der Waals surface area contributed by atoms with Crippen molar-refractivity contribution < 1.29 is 10.2 Å². The van der Waals surface area contributed by atoms with E-state index >= 15 is 0 Å². The number of para-hydroxylation sites is 1. The highest BCUT2D eigenvalue weighted by Gasteiger charge is 2.07. The molecule has 0 spiro atoms. The number of aromatic nitrogens is 2. The van der Waals surface area contributed by atoms with Crippen LogP contribution < -0.4 is 0 Å². The second-order valence-electron chi connectivity index (χ2n) is 3.34. The summed E-state index contributed by atoms with van der Waals surface area (Å²) in [6.07, 6.45) is 0.800. The number of nitrogens with zero attached hydrogens (tertiary/aromatic N) is 2. The molecule has 0 saturated heterocycles. The predicted octanol–water partition coefficient (Wildman–Crippen LogP) is 1.08. The van der Waals surface area contributed by atoms with Crippen LogP contribution >= 0.6 is 11.8 Å². The number of thioether (sulfide) groups is 1. The molecular weight excluding hydrogens is 224 g/mol. The lowest BCUT2D eigenvalue weighted by Gasteiger charge is -2.07. The summed E-state index contributed by atoms with van der Waals surface area (Å²) in [5.41, 5.74) is 0.887. The third kappa shape index (κ3) is 2.49. The number of aliphatic hydroxyl groups excluding tert-OH is 2. The molecule has 1 heterocycles. The first-order valence-corrected chi connectivity index (χ1v) is 5.91. The smallest absolute Gasteiger partial charge is 0.117 e. The minimum absolute atomic E-state index is 0.226. The normalized spacial score (nSPS) is 12.9. The van der Waals surface area contributed by atoms with E-state index in [-0.39, 0.29) is 6.61 Å². The van der Waals surface area contributed by atoms with Crippen LogP contribution in [-0.4, -0.2) is 38.6 Å². The summed E-state index contributed by atoms with van der Waals surface area (Å²) >= 11 is 1.42. The zero-order valence-electron chi connectivity index (χ0n) is 8.58. The highest BCUT2D eigenvalue weighted by atomic mass is 32.2. The van der Waals surface area contributed by atoms with Crippen LogP contribution in [0.5, 0.6) is 0 Å². The zero-order chi connectivity index (χ0) is 11.4. The average molecular weight is 236 g/mol. The monoisotopic (exact) mass is 236 g/mol. The molecule has 0 aliphatic heterocycles. The molecule has 1 aromatic heterocycles. The standard InChI is InChI=1S/C11H12N2O2S/c14-5-8(15)6-16-11-9-3-1-2-4-10(9)12-7-13-11/h1-4,7-8,14-15H,5-6H2. The van der Waals surface area contributed by atoms with Crippen LogP contribution in [0.3, 0.4) is 0 Å². The van der Waals surface area contributed by atoms with Gasteiger partial charge in [-0.25, -0.2) is 9.97 Å². The van der Waals surface area contributed by atoms with Gasteiger partial charge in [0.25, 0.3) is 0 Å². The van der Waals surface area contributed by atoms with Crippen LogP contribution in [0.15, 0.2) is 35.6 Å². The van der Waals surface area contributed by atoms with E-state index in [0.717, 1.165) is 15.9 Å². The van der Waals surface area contributed by atoms with E-state index in [1.807, 2.05) is 24.3 Å². The molecule has 2 aromatic rings. The SMILES string of the molecule is OCC(O)CSc1ncnc2ccccc12. The second kappa shape index (κ2) is 5.25. The molecule has 16 heavy (non-hydrogen) atoms. The maximum atomic E-state index is 9.28. The lowest BCUT2D eigenvalue weighted by atomic mass is 10.2. The Morgan fingerprint density at radius 3 is 2.88 bits per heavy atom. The maximum absolute atomic E-state index is 9.28. The third-order valence-corrected chi connectivity index (χ3v) is 3.28. The first-order chi connectivity index (χ1) is 7.81. The topological polar surface area (TPSA) is 66.2 Å². The van der Waals surface area contributed by atoms with Crippen molar-refractivity contribution in [2.75, 3.05) is 12.4 Å². The second-order valence-corrected chi connectivity index (χ2v) is 4.35. The number of fused-ring (bicyclic) bond motifs is 1. The van der Waals surface area contributed by atoms with Crippen molar-refractivity contribution in [2.45, 2.75) is 11.1 Å². The van der Waals surface area contributed by atoms with Crippen molar-refractivity contribution in [1.82, 2.24) is 9.97 Å². The van der Waals surface area contributed by atoms with E-state index in [1.54, 1.807) is 0 Å². The number of hydrogen-bond acceptors (Lipinski definition) is 5. The van der Waals surface area contributed by atoms with Gasteiger partial charge in [0.2, 0.25) is 0 Å². The molecule has 0 radical (unpaired) electrons. The van der Waals surface area contributed by atoms with E-state index in [9.17, 15) is 5.11 Å². The Morgan fingerprint density at radius 1 is 1.25 bits per heavy atom. The summed E-state index contributed by atoms with van der Waals surface area (Å²) in [4.78, 5) is 8.33. The minimum Gasteiger partial charge on any atom is -0.394 e. The summed E-state index contributed by atoms with van der Waals surface area (Å²) in [6, 6.07) is 7.72. The van der Waals surface area contributed by atoms with Crippen LogP contribution in [0.4, 0.5) is 0 Å². The Balaban J connectivity index is 2.23. The Labute approximate surface area is 97.4 Å². The van der Waals surface area contributed by atoms with Gasteiger partial charge >= 0.3 is 0 Å². The van der Waals surface area contributed by atoms with Crippen LogP contribution in [-0.2, 0) is 0 Å². The van der Waals surface area contributed by atoms with E-state index in [0.29, 0.717) is 5.75 Å². The lowest BCUT2D eigenvalue weighted by Crippen LogP contribution is -2.14. The van der Waals surface area contributed by atoms with Crippen LogP contribution in [0.1, 0.15) is 0 Å². The molecule has 0 aliphatic carbocycles. The molecule has 0 aliphatic rings. The average Bonchev–Trinajstić information content (AvgIpc) is 2.35. The number of benzene rings is 1. The summed E-state index contributed by atoms with van der Waals surface area (Å²) in [6.45, 7) is -0.226. The summed E-state index contributed by atoms with van der Waals surface area (Å²) in [5, 5.41) is 19.8. The lowest BCUT2D eigenvalue weighted by molar-refractivity contribution is 0.113. The molecule has 2 N–H and O–H groups in total. The highest BCUT2D eigenvalue weighted by Crippen LogP contribution is 2.24. The molecule has 1 atom stereocenters.